The molecule has 1 aliphatic heterocycles. The first-order chi connectivity index (χ1) is 19.0. The zero-order valence-corrected chi connectivity index (χ0v) is 22.1. The normalized spacial score (nSPS) is 19.7. The van der Waals surface area contributed by atoms with E-state index in [0.717, 1.165) is 30.5 Å². The van der Waals surface area contributed by atoms with Crippen LogP contribution in [0.3, 0.4) is 0 Å². The molecule has 0 unspecified atom stereocenters. The fraction of sp³-hybridized carbons (Fsp3) is 0.393. The SMILES string of the molecule is Cc1nc2c(-c3ccc(C(F)(F)F)cc3C#N)nc(N3C[C@@H](c4cnn(C5CC5)c4)O[C@@H](C)C3)cc2c(=O)n1C. The Labute approximate surface area is 227 Å². The van der Waals surface area contributed by atoms with Crippen molar-refractivity contribution in [3.05, 3.63) is 69.5 Å². The van der Waals surface area contributed by atoms with Crippen molar-refractivity contribution in [2.24, 2.45) is 7.05 Å². The smallest absolute Gasteiger partial charge is 0.367 e. The molecule has 1 saturated heterocycles. The molecule has 1 aliphatic carbocycles. The molecule has 0 N–H and O–H groups in total. The molecule has 6 rings (SSSR count). The van der Waals surface area contributed by atoms with Crippen LogP contribution in [0.15, 0.2) is 41.5 Å². The van der Waals surface area contributed by atoms with Gasteiger partial charge in [-0.15, -0.1) is 0 Å². The minimum absolute atomic E-state index is 0.172. The van der Waals surface area contributed by atoms with Gasteiger partial charge in [0.15, 0.2) is 0 Å². The number of pyridine rings is 1. The van der Waals surface area contributed by atoms with E-state index in [9.17, 15) is 23.2 Å². The summed E-state index contributed by atoms with van der Waals surface area (Å²) in [6, 6.07) is 6.89. The number of rotatable bonds is 4. The lowest BCUT2D eigenvalue weighted by Crippen LogP contribution is -2.43. The second-order valence-corrected chi connectivity index (χ2v) is 10.4. The maximum Gasteiger partial charge on any atom is 0.416 e. The number of morpholine rings is 1. The Bertz CT molecular complexity index is 1730. The summed E-state index contributed by atoms with van der Waals surface area (Å²) in [4.78, 5) is 24.7. The molecule has 0 radical (unpaired) electrons. The van der Waals surface area contributed by atoms with Gasteiger partial charge in [0.05, 0.1) is 47.5 Å². The molecule has 1 saturated carbocycles. The van der Waals surface area contributed by atoms with Crippen molar-refractivity contribution in [2.75, 3.05) is 18.0 Å². The van der Waals surface area contributed by atoms with Gasteiger partial charge in [-0.3, -0.25) is 14.0 Å². The summed E-state index contributed by atoms with van der Waals surface area (Å²) < 4.78 is 49.8. The van der Waals surface area contributed by atoms with Crippen LogP contribution in [0.25, 0.3) is 22.2 Å². The van der Waals surface area contributed by atoms with E-state index in [1.807, 2.05) is 35.0 Å². The number of halogens is 3. The standard InChI is InChI=1S/C28H26F3N7O2/c1-15-12-37(14-23(40-15)18-11-33-38(13-18)20-5-6-20)24-9-22-26(34-16(2)36(3)27(22)39)25(35-24)21-7-4-19(28(29,30)31)8-17(21)10-32/h4,7-9,11,13,15,20,23H,5-6,12,14H2,1-3H3/t15-,23-/m0/s1. The number of hydrogen-bond acceptors (Lipinski definition) is 7. The molecule has 0 bridgehead atoms. The number of fused-ring (bicyclic) bond motifs is 1. The van der Waals surface area contributed by atoms with E-state index >= 15 is 0 Å². The van der Waals surface area contributed by atoms with E-state index in [0.29, 0.717) is 30.8 Å². The molecule has 2 fully saturated rings. The number of anilines is 1. The maximum absolute atomic E-state index is 13.4. The highest BCUT2D eigenvalue weighted by Gasteiger charge is 2.33. The zero-order valence-electron chi connectivity index (χ0n) is 22.1. The third-order valence-electron chi connectivity index (χ3n) is 7.49. The van der Waals surface area contributed by atoms with E-state index in [1.165, 1.54) is 10.6 Å². The molecule has 2 atom stereocenters. The molecule has 4 aromatic rings. The molecule has 4 heterocycles. The van der Waals surface area contributed by atoms with Gasteiger partial charge in [0.2, 0.25) is 0 Å². The molecule has 0 spiro atoms. The van der Waals surface area contributed by atoms with Gasteiger partial charge in [-0.2, -0.15) is 23.5 Å². The Morgan fingerprint density at radius 3 is 2.62 bits per heavy atom. The van der Waals surface area contributed by atoms with Gasteiger partial charge in [-0.05, 0) is 44.9 Å². The Morgan fingerprint density at radius 1 is 1.15 bits per heavy atom. The van der Waals surface area contributed by atoms with Gasteiger partial charge in [0.1, 0.15) is 29.0 Å². The molecule has 1 aromatic carbocycles. The number of aryl methyl sites for hydroxylation is 1. The van der Waals surface area contributed by atoms with Crippen molar-refractivity contribution < 1.29 is 17.9 Å². The number of ether oxygens (including phenoxy) is 1. The number of benzene rings is 1. The average molecular weight is 550 g/mol. The number of nitrogens with zero attached hydrogens (tertiary/aromatic N) is 7. The number of nitriles is 1. The van der Waals surface area contributed by atoms with E-state index in [1.54, 1.807) is 20.0 Å². The predicted molar refractivity (Wildman–Crippen MR) is 141 cm³/mol. The molecule has 2 aliphatic rings. The highest BCUT2D eigenvalue weighted by molar-refractivity contribution is 5.94. The van der Waals surface area contributed by atoms with Gasteiger partial charge in [-0.1, -0.05) is 6.07 Å². The molecule has 12 heteroatoms. The Kier molecular flexibility index (Phi) is 6.14. The Hall–Kier alpha value is -4.24. The van der Waals surface area contributed by atoms with Crippen LogP contribution >= 0.6 is 0 Å². The van der Waals surface area contributed by atoms with Crippen LogP contribution in [0.2, 0.25) is 0 Å². The van der Waals surface area contributed by atoms with Crippen LogP contribution in [0.4, 0.5) is 19.0 Å². The largest absolute Gasteiger partial charge is 0.416 e. The molecular weight excluding hydrogens is 523 g/mol. The van der Waals surface area contributed by atoms with E-state index < -0.39 is 11.7 Å². The van der Waals surface area contributed by atoms with Crippen LogP contribution in [0, 0.1) is 18.3 Å². The first kappa shape index (κ1) is 26.0. The fourth-order valence-electron chi connectivity index (χ4n) is 5.12. The topological polar surface area (TPSA) is 102 Å². The molecule has 9 nitrogen and oxygen atoms in total. The summed E-state index contributed by atoms with van der Waals surface area (Å²) in [5.74, 6) is 0.857. The third-order valence-corrected chi connectivity index (χ3v) is 7.49. The van der Waals surface area contributed by atoms with Crippen LogP contribution in [-0.2, 0) is 18.0 Å². The number of hydrogen-bond donors (Lipinski definition) is 0. The van der Waals surface area contributed by atoms with Crippen LogP contribution in [-0.4, -0.2) is 43.5 Å². The van der Waals surface area contributed by atoms with Crippen LogP contribution in [0.5, 0.6) is 0 Å². The minimum atomic E-state index is -4.61. The number of aromatic nitrogens is 5. The summed E-state index contributed by atoms with van der Waals surface area (Å²) in [6.07, 6.45) is 0.940. The summed E-state index contributed by atoms with van der Waals surface area (Å²) in [6.45, 7) is 4.51. The van der Waals surface area contributed by atoms with Gasteiger partial charge in [0.25, 0.3) is 5.56 Å². The minimum Gasteiger partial charge on any atom is -0.367 e. The monoisotopic (exact) mass is 549 g/mol. The Morgan fingerprint density at radius 2 is 1.93 bits per heavy atom. The van der Waals surface area contributed by atoms with Crippen molar-refractivity contribution in [1.29, 1.82) is 5.26 Å². The summed E-state index contributed by atoms with van der Waals surface area (Å²) in [7, 11) is 1.60. The second-order valence-electron chi connectivity index (χ2n) is 10.4. The lowest BCUT2D eigenvalue weighted by molar-refractivity contribution is -0.137. The van der Waals surface area contributed by atoms with Gasteiger partial charge in [-0.25, -0.2) is 9.97 Å². The molecule has 0 amide bonds. The van der Waals surface area contributed by atoms with Crippen LogP contribution in [0.1, 0.15) is 54.4 Å². The summed E-state index contributed by atoms with van der Waals surface area (Å²) in [5, 5.41) is 14.5. The second kappa shape index (κ2) is 9.45. The maximum atomic E-state index is 13.4. The fourth-order valence-corrected chi connectivity index (χ4v) is 5.12. The quantitative estimate of drug-likeness (QED) is 0.364. The lowest BCUT2D eigenvalue weighted by atomic mass is 9.99. The molecule has 40 heavy (non-hydrogen) atoms. The zero-order chi connectivity index (χ0) is 28.3. The number of alkyl halides is 3. The van der Waals surface area contributed by atoms with E-state index in [2.05, 4.69) is 10.1 Å². The van der Waals surface area contributed by atoms with Crippen molar-refractivity contribution in [3.63, 3.8) is 0 Å². The summed E-state index contributed by atoms with van der Waals surface area (Å²) >= 11 is 0. The predicted octanol–water partition coefficient (Wildman–Crippen LogP) is 4.69. The first-order valence-electron chi connectivity index (χ1n) is 13.0. The van der Waals surface area contributed by atoms with Crippen molar-refractivity contribution >= 4 is 16.7 Å². The lowest BCUT2D eigenvalue weighted by Gasteiger charge is -2.37. The van der Waals surface area contributed by atoms with Gasteiger partial charge < -0.3 is 9.64 Å². The highest BCUT2D eigenvalue weighted by atomic mass is 19.4. The first-order valence-corrected chi connectivity index (χ1v) is 13.0. The average Bonchev–Trinajstić information content (AvgIpc) is 3.66. The van der Waals surface area contributed by atoms with Gasteiger partial charge >= 0.3 is 6.18 Å². The molecule has 3 aromatic heterocycles. The van der Waals surface area contributed by atoms with Gasteiger partial charge in [0, 0.05) is 30.9 Å². The van der Waals surface area contributed by atoms with E-state index in [-0.39, 0.29) is 45.5 Å². The summed E-state index contributed by atoms with van der Waals surface area (Å²) in [5.41, 5.74) is 0.0474. The third kappa shape index (κ3) is 4.60. The van der Waals surface area contributed by atoms with Crippen molar-refractivity contribution in [2.45, 2.75) is 51.1 Å². The Balaban J connectivity index is 1.49. The molecule has 206 valence electrons. The van der Waals surface area contributed by atoms with E-state index in [4.69, 9.17) is 9.72 Å². The van der Waals surface area contributed by atoms with Crippen molar-refractivity contribution in [3.8, 4) is 17.3 Å². The van der Waals surface area contributed by atoms with Crippen molar-refractivity contribution in [1.82, 2.24) is 24.3 Å². The van der Waals surface area contributed by atoms with Crippen LogP contribution < -0.4 is 10.5 Å². The highest BCUT2D eigenvalue weighted by Crippen LogP contribution is 2.38. The molecular formula is C28H26F3N7O2.